The van der Waals surface area contributed by atoms with Crippen LogP contribution in [-0.2, 0) is 20.4 Å². The van der Waals surface area contributed by atoms with Gasteiger partial charge in [-0.3, -0.25) is 14.7 Å². The van der Waals surface area contributed by atoms with Crippen molar-refractivity contribution in [3.05, 3.63) is 114 Å². The number of para-hydroxylation sites is 3. The minimum atomic E-state index is -0.223. The number of hydrogen-bond donors (Lipinski definition) is 0. The molecule has 71 heavy (non-hydrogen) atoms. The molecule has 0 N–H and O–H groups in total. The van der Waals surface area contributed by atoms with Crippen molar-refractivity contribution in [3.63, 3.8) is 0 Å². The molecule has 11 rings (SSSR count). The van der Waals surface area contributed by atoms with Crippen LogP contribution in [-0.4, -0.2) is 146 Å². The highest BCUT2D eigenvalue weighted by molar-refractivity contribution is 6.00. The van der Waals surface area contributed by atoms with Crippen molar-refractivity contribution < 1.29 is 23.5 Å². The molecule has 7 heterocycles. The smallest absolute Gasteiger partial charge is 0.409 e. The predicted molar refractivity (Wildman–Crippen MR) is 279 cm³/mol. The van der Waals surface area contributed by atoms with Gasteiger partial charge in [-0.15, -0.1) is 0 Å². The summed E-state index contributed by atoms with van der Waals surface area (Å²) < 4.78 is 19.5. The number of hydrogen-bond acceptors (Lipinski definition) is 9. The van der Waals surface area contributed by atoms with Crippen molar-refractivity contribution in [1.82, 2.24) is 29.6 Å². The molecule has 4 fully saturated rings. The highest BCUT2D eigenvalue weighted by Crippen LogP contribution is 2.52. The Kier molecular flexibility index (Phi) is 13.8. The molecule has 4 aromatic carbocycles. The number of halogens is 1. The maximum Gasteiger partial charge on any atom is 0.409 e. The van der Waals surface area contributed by atoms with Crippen molar-refractivity contribution in [3.8, 4) is 11.1 Å². The van der Waals surface area contributed by atoms with Crippen LogP contribution in [0.3, 0.4) is 0 Å². The molecular formula is C57H70FN9O4. The number of carbonyl (C=O) groups excluding carboxylic acids is 3. The number of carbonyl (C=O) groups is 3. The highest BCUT2D eigenvalue weighted by Gasteiger charge is 2.49. The van der Waals surface area contributed by atoms with E-state index in [-0.39, 0.29) is 34.7 Å². The third-order valence-corrected chi connectivity index (χ3v) is 16.8. The van der Waals surface area contributed by atoms with E-state index in [4.69, 9.17) is 9.72 Å². The molecule has 0 bridgehead atoms. The summed E-state index contributed by atoms with van der Waals surface area (Å²) in [6.45, 7) is 15.0. The normalized spacial score (nSPS) is 20.2. The molecule has 1 aromatic heterocycles. The summed E-state index contributed by atoms with van der Waals surface area (Å²) >= 11 is 0. The van der Waals surface area contributed by atoms with E-state index in [2.05, 4.69) is 69.1 Å². The molecule has 5 aromatic rings. The van der Waals surface area contributed by atoms with E-state index in [1.165, 1.54) is 28.3 Å². The number of aryl methyl sites for hydroxylation is 1. The Morgan fingerprint density at radius 3 is 1.93 bits per heavy atom. The monoisotopic (exact) mass is 964 g/mol. The summed E-state index contributed by atoms with van der Waals surface area (Å²) in [6, 6.07) is 29.0. The molecule has 6 aliphatic heterocycles. The molecule has 4 saturated heterocycles. The van der Waals surface area contributed by atoms with Gasteiger partial charge in [-0.05, 0) is 144 Å². The van der Waals surface area contributed by atoms with Crippen LogP contribution in [0.25, 0.3) is 22.2 Å². The lowest BCUT2D eigenvalue weighted by Gasteiger charge is -2.45. The molecule has 0 saturated carbocycles. The van der Waals surface area contributed by atoms with Gasteiger partial charge in [0.15, 0.2) is 0 Å². The fourth-order valence-corrected chi connectivity index (χ4v) is 12.8. The largest absolute Gasteiger partial charge is 0.450 e. The minimum Gasteiger partial charge on any atom is -0.450 e. The number of rotatable bonds is 5. The van der Waals surface area contributed by atoms with E-state index in [0.717, 1.165) is 144 Å². The SMILES string of the molecule is CCOC(=O)N1CCC(N2CCC3(CC2)CN(C(C)=O)c2c(-c4ccccc4C)cccc23)CC1.CN(C)C(=O)N1CC2(CCN(C3CCN(c4cnc5ccccc5n4)CC3)CC2)c2cc(F)ccc21. The second kappa shape index (κ2) is 20.2. The zero-order chi connectivity index (χ0) is 49.4. The molecule has 0 unspecified atom stereocenters. The number of fused-ring (bicyclic) bond motifs is 5. The van der Waals surface area contributed by atoms with E-state index in [0.29, 0.717) is 25.2 Å². The number of nitrogens with zero attached hydrogens (tertiary/aromatic N) is 9. The highest BCUT2D eigenvalue weighted by atomic mass is 19.1. The fourth-order valence-electron chi connectivity index (χ4n) is 12.8. The Morgan fingerprint density at radius 1 is 0.704 bits per heavy atom. The molecule has 0 radical (unpaired) electrons. The zero-order valence-corrected chi connectivity index (χ0v) is 42.3. The average molecular weight is 964 g/mol. The third kappa shape index (κ3) is 9.45. The van der Waals surface area contributed by atoms with Crippen LogP contribution in [0.5, 0.6) is 0 Å². The molecule has 4 amide bonds. The Balaban J connectivity index is 0.000000164. The maximum absolute atomic E-state index is 14.3. The van der Waals surface area contributed by atoms with Crippen molar-refractivity contribution in [2.24, 2.45) is 0 Å². The summed E-state index contributed by atoms with van der Waals surface area (Å²) in [5.41, 5.74) is 9.65. The van der Waals surface area contributed by atoms with Crippen LogP contribution in [0.15, 0.2) is 91.1 Å². The number of ether oxygens (including phenoxy) is 1. The fraction of sp³-hybridized carbons (Fsp3) is 0.491. The molecule has 6 aliphatic rings. The first-order valence-electron chi connectivity index (χ1n) is 26.0. The molecule has 374 valence electrons. The van der Waals surface area contributed by atoms with Crippen molar-refractivity contribution in [2.45, 2.75) is 95.1 Å². The van der Waals surface area contributed by atoms with Crippen LogP contribution >= 0.6 is 0 Å². The number of aromatic nitrogens is 2. The van der Waals surface area contributed by atoms with Crippen LogP contribution < -0.4 is 14.7 Å². The summed E-state index contributed by atoms with van der Waals surface area (Å²) in [4.78, 5) is 62.1. The van der Waals surface area contributed by atoms with Gasteiger partial charge >= 0.3 is 12.1 Å². The Hall–Kier alpha value is -6.12. The van der Waals surface area contributed by atoms with Crippen LogP contribution in [0.4, 0.5) is 31.2 Å². The lowest BCUT2D eigenvalue weighted by Crippen LogP contribution is -2.52. The summed E-state index contributed by atoms with van der Waals surface area (Å²) in [6.07, 6.45) is 9.89. The first kappa shape index (κ1) is 48.5. The lowest BCUT2D eigenvalue weighted by atomic mass is 9.73. The van der Waals surface area contributed by atoms with Crippen molar-refractivity contribution >= 4 is 46.3 Å². The molecule has 13 nitrogen and oxygen atoms in total. The number of amides is 4. The summed E-state index contributed by atoms with van der Waals surface area (Å²) in [7, 11) is 3.55. The van der Waals surface area contributed by atoms with Gasteiger partial charge in [0.2, 0.25) is 5.91 Å². The molecule has 0 aliphatic carbocycles. The predicted octanol–water partition coefficient (Wildman–Crippen LogP) is 9.26. The molecular weight excluding hydrogens is 894 g/mol. The lowest BCUT2D eigenvalue weighted by molar-refractivity contribution is -0.116. The maximum atomic E-state index is 14.3. The van der Waals surface area contributed by atoms with Crippen molar-refractivity contribution in [1.29, 1.82) is 0 Å². The van der Waals surface area contributed by atoms with Gasteiger partial charge in [-0.2, -0.15) is 0 Å². The number of anilines is 3. The minimum absolute atomic E-state index is 0.0157. The van der Waals surface area contributed by atoms with Gasteiger partial charge in [0.25, 0.3) is 0 Å². The summed E-state index contributed by atoms with van der Waals surface area (Å²) in [5.74, 6) is 0.858. The van der Waals surface area contributed by atoms with Gasteiger partial charge in [0.05, 0.1) is 29.5 Å². The van der Waals surface area contributed by atoms with Crippen molar-refractivity contribution in [2.75, 3.05) is 101 Å². The third-order valence-electron chi connectivity index (χ3n) is 16.8. The van der Waals surface area contributed by atoms with E-state index >= 15 is 0 Å². The standard InChI is InChI=1S/C29H37N3O3.C28H33FN6O/c1-4-35-28(34)31-16-12-23(13-17-31)30-18-14-29(15-19-30)20-32(22(3)33)27-25(10-7-11-26(27)29)24-9-6-5-8-21(24)2;1-32(2)27(36)35-19-28(22-17-20(29)7-8-25(22)35)11-15-33(16-12-28)21-9-13-34(14-10-21)26-18-30-23-5-3-4-6-24(23)31-26/h5-11,23H,4,12-20H2,1-3H3;3-8,17-18,21H,9-16,19H2,1-2H3. The molecule has 14 heteroatoms. The average Bonchev–Trinajstić information content (AvgIpc) is 3.88. The zero-order valence-electron chi connectivity index (χ0n) is 42.3. The number of benzene rings is 4. The molecule has 2 spiro atoms. The van der Waals surface area contributed by atoms with Gasteiger partial charge in [0, 0.05) is 94.5 Å². The van der Waals surface area contributed by atoms with Crippen LogP contribution in [0, 0.1) is 12.7 Å². The first-order chi connectivity index (χ1) is 34.4. The van der Waals surface area contributed by atoms with Gasteiger partial charge in [-0.1, -0.05) is 54.6 Å². The van der Waals surface area contributed by atoms with Gasteiger partial charge in [-0.25, -0.2) is 19.0 Å². The molecule has 0 atom stereocenters. The van der Waals surface area contributed by atoms with Gasteiger partial charge in [0.1, 0.15) is 11.6 Å². The Labute approximate surface area is 418 Å². The topological polar surface area (TPSA) is 109 Å². The van der Waals surface area contributed by atoms with Crippen LogP contribution in [0.2, 0.25) is 0 Å². The first-order valence-corrected chi connectivity index (χ1v) is 26.0. The van der Waals surface area contributed by atoms with E-state index in [1.807, 2.05) is 52.1 Å². The van der Waals surface area contributed by atoms with Crippen LogP contribution in [0.1, 0.15) is 81.9 Å². The quantitative estimate of drug-likeness (QED) is 0.170. The number of likely N-dealkylation sites (tertiary alicyclic amines) is 3. The van der Waals surface area contributed by atoms with E-state index in [1.54, 1.807) is 38.1 Å². The van der Waals surface area contributed by atoms with Gasteiger partial charge < -0.3 is 34.1 Å². The van der Waals surface area contributed by atoms with E-state index in [9.17, 15) is 18.8 Å². The second-order valence-electron chi connectivity index (χ2n) is 21.0. The Morgan fingerprint density at radius 2 is 1.30 bits per heavy atom. The number of urea groups is 1. The summed E-state index contributed by atoms with van der Waals surface area (Å²) in [5, 5.41) is 0. The number of piperidine rings is 4. The Bertz CT molecular complexity index is 2750. The second-order valence-corrected chi connectivity index (χ2v) is 21.0. The van der Waals surface area contributed by atoms with E-state index < -0.39 is 0 Å².